The van der Waals surface area contributed by atoms with E-state index in [1.165, 1.54) is 24.5 Å². The first-order chi connectivity index (χ1) is 9.47. The third-order valence-electron chi connectivity index (χ3n) is 3.15. The molecule has 0 atom stereocenters. The van der Waals surface area contributed by atoms with Gasteiger partial charge in [-0.15, -0.1) is 0 Å². The van der Waals surface area contributed by atoms with Crippen LogP contribution >= 0.6 is 0 Å². The monoisotopic (exact) mass is 279 g/mol. The van der Waals surface area contributed by atoms with E-state index in [0.717, 1.165) is 12.1 Å². The van der Waals surface area contributed by atoms with E-state index < -0.39 is 17.7 Å². The molecular formula is C14H8F3NO2. The summed E-state index contributed by atoms with van der Waals surface area (Å²) in [6.45, 7) is 0.118. The van der Waals surface area contributed by atoms with Crippen LogP contribution in [0.4, 0.5) is 13.2 Å². The summed E-state index contributed by atoms with van der Waals surface area (Å²) in [5.41, 5.74) is 1.49. The second-order valence-electron chi connectivity index (χ2n) is 4.36. The molecule has 1 aromatic carbocycles. The lowest BCUT2D eigenvalue weighted by atomic mass is 9.99. The van der Waals surface area contributed by atoms with Crippen LogP contribution in [0.1, 0.15) is 21.5 Å². The Bertz CT molecular complexity index is 678. The molecule has 0 N–H and O–H groups in total. The van der Waals surface area contributed by atoms with Crippen LogP contribution < -0.4 is 0 Å². The molecule has 3 rings (SSSR count). The van der Waals surface area contributed by atoms with Gasteiger partial charge in [0.1, 0.15) is 6.61 Å². The Kier molecular flexibility index (Phi) is 2.74. The molecule has 2 heterocycles. The summed E-state index contributed by atoms with van der Waals surface area (Å²) in [7, 11) is 0. The molecule has 0 spiro atoms. The number of aromatic nitrogens is 1. The molecule has 1 aliphatic rings. The number of hydrogen-bond donors (Lipinski definition) is 0. The molecule has 0 radical (unpaired) electrons. The number of benzene rings is 1. The van der Waals surface area contributed by atoms with Gasteiger partial charge >= 0.3 is 12.1 Å². The van der Waals surface area contributed by atoms with Crippen LogP contribution in [0.5, 0.6) is 0 Å². The van der Waals surface area contributed by atoms with E-state index in [-0.39, 0.29) is 6.61 Å². The number of esters is 1. The molecule has 0 aliphatic carbocycles. The van der Waals surface area contributed by atoms with Crippen LogP contribution in [0, 0.1) is 0 Å². The van der Waals surface area contributed by atoms with E-state index in [1.807, 2.05) is 0 Å². The van der Waals surface area contributed by atoms with Crippen molar-refractivity contribution in [2.75, 3.05) is 0 Å². The fourth-order valence-corrected chi connectivity index (χ4v) is 2.12. The summed E-state index contributed by atoms with van der Waals surface area (Å²) >= 11 is 0. The van der Waals surface area contributed by atoms with Crippen molar-refractivity contribution in [2.45, 2.75) is 12.8 Å². The molecule has 3 nitrogen and oxygen atoms in total. The molecule has 2 aromatic rings. The topological polar surface area (TPSA) is 39.2 Å². The lowest BCUT2D eigenvalue weighted by Gasteiger charge is -2.09. The summed E-state index contributed by atoms with van der Waals surface area (Å²) in [5.74, 6) is -0.457. The summed E-state index contributed by atoms with van der Waals surface area (Å²) in [5, 5.41) is 0. The molecule has 6 heteroatoms. The van der Waals surface area contributed by atoms with Crippen LogP contribution in [0.25, 0.3) is 11.1 Å². The first kappa shape index (κ1) is 12.7. The average Bonchev–Trinajstić information content (AvgIpc) is 2.80. The van der Waals surface area contributed by atoms with E-state index in [2.05, 4.69) is 4.98 Å². The predicted octanol–water partition coefficient (Wildman–Crippen LogP) is 3.44. The molecule has 0 saturated heterocycles. The first-order valence-electron chi connectivity index (χ1n) is 5.78. The number of ether oxygens (including phenoxy) is 1. The molecule has 0 saturated carbocycles. The molecule has 102 valence electrons. The van der Waals surface area contributed by atoms with Gasteiger partial charge in [0.25, 0.3) is 0 Å². The average molecular weight is 279 g/mol. The van der Waals surface area contributed by atoms with E-state index >= 15 is 0 Å². The summed E-state index contributed by atoms with van der Waals surface area (Å²) in [6, 6.07) is 4.74. The van der Waals surface area contributed by atoms with Crippen LogP contribution in [0.3, 0.4) is 0 Å². The number of fused-ring (bicyclic) bond motifs is 1. The van der Waals surface area contributed by atoms with E-state index in [1.54, 1.807) is 0 Å². The van der Waals surface area contributed by atoms with E-state index in [0.29, 0.717) is 22.3 Å². The van der Waals surface area contributed by atoms with Gasteiger partial charge in [-0.3, -0.25) is 4.98 Å². The van der Waals surface area contributed by atoms with Crippen molar-refractivity contribution in [3.8, 4) is 11.1 Å². The zero-order chi connectivity index (χ0) is 14.3. The second-order valence-corrected chi connectivity index (χ2v) is 4.36. The van der Waals surface area contributed by atoms with Crippen molar-refractivity contribution in [3.05, 3.63) is 53.3 Å². The number of pyridine rings is 1. The van der Waals surface area contributed by atoms with Crippen molar-refractivity contribution in [1.82, 2.24) is 4.98 Å². The molecule has 0 amide bonds. The summed E-state index contributed by atoms with van der Waals surface area (Å²) in [4.78, 5) is 15.4. The Hall–Kier alpha value is -2.37. The third-order valence-corrected chi connectivity index (χ3v) is 3.15. The maximum absolute atomic E-state index is 12.5. The minimum Gasteiger partial charge on any atom is -0.457 e. The molecule has 20 heavy (non-hydrogen) atoms. The highest BCUT2D eigenvalue weighted by Crippen LogP contribution is 2.33. The highest BCUT2D eigenvalue weighted by atomic mass is 19.4. The van der Waals surface area contributed by atoms with Gasteiger partial charge in [-0.1, -0.05) is 12.1 Å². The molecule has 1 aromatic heterocycles. The number of carbonyl (C=O) groups excluding carboxylic acids is 1. The fraction of sp³-hybridized carbons (Fsp3) is 0.143. The molecule has 0 bridgehead atoms. The zero-order valence-corrected chi connectivity index (χ0v) is 10.1. The van der Waals surface area contributed by atoms with Crippen molar-refractivity contribution in [3.63, 3.8) is 0 Å². The quantitative estimate of drug-likeness (QED) is 0.751. The van der Waals surface area contributed by atoms with Gasteiger partial charge in [-0.2, -0.15) is 13.2 Å². The standard InChI is InChI=1S/C14H8F3NO2/c15-14(16,17)9-3-1-8(2-4-9)10-5-18-6-11-12(10)7-20-13(11)19/h1-6H,7H2. The third kappa shape index (κ3) is 2.03. The Morgan fingerprint density at radius 3 is 2.35 bits per heavy atom. The molecular weight excluding hydrogens is 271 g/mol. The number of alkyl halides is 3. The van der Waals surface area contributed by atoms with Crippen molar-refractivity contribution in [2.24, 2.45) is 0 Å². The molecule has 0 unspecified atom stereocenters. The largest absolute Gasteiger partial charge is 0.457 e. The van der Waals surface area contributed by atoms with Crippen LogP contribution in [0.15, 0.2) is 36.7 Å². The smallest absolute Gasteiger partial charge is 0.416 e. The Morgan fingerprint density at radius 2 is 1.70 bits per heavy atom. The Balaban J connectivity index is 2.05. The van der Waals surface area contributed by atoms with Crippen molar-refractivity contribution in [1.29, 1.82) is 0 Å². The minimum absolute atomic E-state index is 0.118. The van der Waals surface area contributed by atoms with Gasteiger partial charge in [0, 0.05) is 23.5 Å². The van der Waals surface area contributed by atoms with Gasteiger partial charge < -0.3 is 4.74 Å². The minimum atomic E-state index is -4.37. The van der Waals surface area contributed by atoms with Crippen molar-refractivity contribution >= 4 is 5.97 Å². The number of nitrogens with zero attached hydrogens (tertiary/aromatic N) is 1. The maximum Gasteiger partial charge on any atom is 0.416 e. The summed E-state index contributed by atoms with van der Waals surface area (Å²) < 4.78 is 42.5. The van der Waals surface area contributed by atoms with Crippen LogP contribution in [0.2, 0.25) is 0 Å². The number of rotatable bonds is 1. The first-order valence-corrected chi connectivity index (χ1v) is 5.78. The van der Waals surface area contributed by atoms with E-state index in [9.17, 15) is 18.0 Å². The zero-order valence-electron chi connectivity index (χ0n) is 10.1. The molecule has 1 aliphatic heterocycles. The predicted molar refractivity (Wildman–Crippen MR) is 63.8 cm³/mol. The summed E-state index contributed by atoms with van der Waals surface area (Å²) in [6.07, 6.45) is -1.45. The van der Waals surface area contributed by atoms with Gasteiger partial charge in [-0.05, 0) is 17.7 Å². The number of cyclic esters (lactones) is 1. The van der Waals surface area contributed by atoms with Gasteiger partial charge in [0.05, 0.1) is 11.1 Å². The second kappa shape index (κ2) is 4.33. The van der Waals surface area contributed by atoms with E-state index in [4.69, 9.17) is 4.74 Å². The van der Waals surface area contributed by atoms with Crippen molar-refractivity contribution < 1.29 is 22.7 Å². The SMILES string of the molecule is O=C1OCc2c1cncc2-c1ccc(C(F)(F)F)cc1. The number of carbonyl (C=O) groups is 1. The lowest BCUT2D eigenvalue weighted by Crippen LogP contribution is -2.04. The Morgan fingerprint density at radius 1 is 1.05 bits per heavy atom. The fourth-order valence-electron chi connectivity index (χ4n) is 2.12. The highest BCUT2D eigenvalue weighted by molar-refractivity contribution is 5.95. The van der Waals surface area contributed by atoms with Crippen LogP contribution in [-0.2, 0) is 17.5 Å². The van der Waals surface area contributed by atoms with Gasteiger partial charge in [-0.25, -0.2) is 4.79 Å². The highest BCUT2D eigenvalue weighted by Gasteiger charge is 2.30. The van der Waals surface area contributed by atoms with Crippen LogP contribution in [-0.4, -0.2) is 11.0 Å². The number of hydrogen-bond acceptors (Lipinski definition) is 3. The maximum atomic E-state index is 12.5. The number of halogens is 3. The molecule has 0 fully saturated rings. The lowest BCUT2D eigenvalue weighted by molar-refractivity contribution is -0.137. The normalized spacial score (nSPS) is 14.1. The Labute approximate surface area is 112 Å². The van der Waals surface area contributed by atoms with Gasteiger partial charge in [0.2, 0.25) is 0 Å². The van der Waals surface area contributed by atoms with Gasteiger partial charge in [0.15, 0.2) is 0 Å².